The SMILES string of the molecule is COc1ccc2c(c1)-c1cc(OC)ccc1C2=Cc1ccc(CCc2ccc(-n3c4ccc(OC)cc4c4cc(OC)ccc43)cc2)cc1. The number of nitrogens with zero attached hydrogens (tertiary/aromatic N) is 1. The van der Waals surface area contributed by atoms with Crippen LogP contribution < -0.4 is 18.9 Å². The molecule has 7 aromatic rings. The fourth-order valence-electron chi connectivity index (χ4n) is 7.08. The van der Waals surface area contributed by atoms with Crippen LogP contribution in [0.5, 0.6) is 23.0 Å². The highest BCUT2D eigenvalue weighted by Crippen LogP contribution is 2.47. The van der Waals surface area contributed by atoms with Crippen molar-refractivity contribution in [2.45, 2.75) is 12.8 Å². The van der Waals surface area contributed by atoms with Crippen molar-refractivity contribution in [3.63, 3.8) is 0 Å². The Labute approximate surface area is 286 Å². The molecule has 0 fully saturated rings. The Bertz CT molecular complexity index is 2250. The molecule has 0 amide bonds. The largest absolute Gasteiger partial charge is 0.497 e. The molecule has 5 nitrogen and oxygen atoms in total. The molecule has 6 aromatic carbocycles. The van der Waals surface area contributed by atoms with Gasteiger partial charge in [0.2, 0.25) is 0 Å². The van der Waals surface area contributed by atoms with E-state index in [1.165, 1.54) is 44.5 Å². The Balaban J connectivity index is 1.02. The molecular weight excluding hydrogens is 606 g/mol. The van der Waals surface area contributed by atoms with E-state index in [1.54, 1.807) is 28.4 Å². The maximum absolute atomic E-state index is 5.55. The first-order valence-electron chi connectivity index (χ1n) is 16.5. The number of methoxy groups -OCH3 is 4. The van der Waals surface area contributed by atoms with Crippen LogP contribution >= 0.6 is 0 Å². The highest BCUT2D eigenvalue weighted by molar-refractivity contribution is 6.10. The molecule has 0 aliphatic heterocycles. The first-order chi connectivity index (χ1) is 24.1. The maximum atomic E-state index is 5.55. The number of rotatable bonds is 9. The van der Waals surface area contributed by atoms with Gasteiger partial charge in [0, 0.05) is 16.5 Å². The van der Waals surface area contributed by atoms with Gasteiger partial charge in [-0.25, -0.2) is 0 Å². The van der Waals surface area contributed by atoms with Gasteiger partial charge in [-0.05, 0) is 136 Å². The lowest BCUT2D eigenvalue weighted by atomic mass is 9.99. The van der Waals surface area contributed by atoms with Gasteiger partial charge in [0.15, 0.2) is 0 Å². The summed E-state index contributed by atoms with van der Waals surface area (Å²) in [6.45, 7) is 0. The topological polar surface area (TPSA) is 41.9 Å². The average molecular weight is 644 g/mol. The zero-order valence-electron chi connectivity index (χ0n) is 28.1. The lowest BCUT2D eigenvalue weighted by Crippen LogP contribution is -1.96. The highest BCUT2D eigenvalue weighted by atomic mass is 16.5. The Morgan fingerprint density at radius 3 is 1.35 bits per heavy atom. The second-order valence-corrected chi connectivity index (χ2v) is 12.4. The smallest absolute Gasteiger partial charge is 0.119 e. The van der Waals surface area contributed by atoms with E-state index >= 15 is 0 Å². The summed E-state index contributed by atoms with van der Waals surface area (Å²) in [5, 5.41) is 2.27. The molecule has 0 bridgehead atoms. The lowest BCUT2D eigenvalue weighted by Gasteiger charge is -2.10. The van der Waals surface area contributed by atoms with Gasteiger partial charge in [-0.3, -0.25) is 0 Å². The summed E-state index contributed by atoms with van der Waals surface area (Å²) in [7, 11) is 6.83. The summed E-state index contributed by atoms with van der Waals surface area (Å²) in [6.07, 6.45) is 4.22. The van der Waals surface area contributed by atoms with Crippen LogP contribution in [-0.4, -0.2) is 33.0 Å². The van der Waals surface area contributed by atoms with Gasteiger partial charge in [0.1, 0.15) is 23.0 Å². The summed E-state index contributed by atoms with van der Waals surface area (Å²) in [4.78, 5) is 0. The van der Waals surface area contributed by atoms with E-state index < -0.39 is 0 Å². The quantitative estimate of drug-likeness (QED) is 0.157. The zero-order chi connectivity index (χ0) is 33.5. The molecule has 1 heterocycles. The van der Waals surface area contributed by atoms with Crippen LogP contribution in [0, 0.1) is 0 Å². The van der Waals surface area contributed by atoms with Gasteiger partial charge in [0.05, 0.1) is 39.5 Å². The third-order valence-corrected chi connectivity index (χ3v) is 9.69. The minimum absolute atomic E-state index is 0.839. The maximum Gasteiger partial charge on any atom is 0.119 e. The molecule has 0 saturated carbocycles. The van der Waals surface area contributed by atoms with Crippen molar-refractivity contribution in [2.75, 3.05) is 28.4 Å². The molecule has 8 rings (SSSR count). The summed E-state index contributed by atoms with van der Waals surface area (Å²) in [5.74, 6) is 3.37. The summed E-state index contributed by atoms with van der Waals surface area (Å²) < 4.78 is 24.5. The van der Waals surface area contributed by atoms with Gasteiger partial charge >= 0.3 is 0 Å². The third kappa shape index (κ3) is 5.47. The predicted molar refractivity (Wildman–Crippen MR) is 200 cm³/mol. The van der Waals surface area contributed by atoms with Crippen LogP contribution in [0.1, 0.15) is 27.8 Å². The fourth-order valence-corrected chi connectivity index (χ4v) is 7.08. The minimum atomic E-state index is 0.839. The van der Waals surface area contributed by atoms with E-state index in [0.29, 0.717) is 0 Å². The monoisotopic (exact) mass is 643 g/mol. The molecule has 0 spiro atoms. The number of hydrogen-bond donors (Lipinski definition) is 0. The molecule has 1 aliphatic rings. The Kier molecular flexibility index (Phi) is 7.81. The number of ether oxygens (including phenoxy) is 4. The van der Waals surface area contributed by atoms with E-state index in [4.69, 9.17) is 18.9 Å². The number of aryl methyl sites for hydroxylation is 2. The molecule has 49 heavy (non-hydrogen) atoms. The molecule has 5 heteroatoms. The van der Waals surface area contributed by atoms with E-state index in [2.05, 4.69) is 108 Å². The van der Waals surface area contributed by atoms with E-state index in [1.807, 2.05) is 24.3 Å². The predicted octanol–water partition coefficient (Wildman–Crippen LogP) is 10.2. The average Bonchev–Trinajstić information content (AvgIpc) is 3.65. The first-order valence-corrected chi connectivity index (χ1v) is 16.5. The zero-order valence-corrected chi connectivity index (χ0v) is 28.1. The molecule has 1 aromatic heterocycles. The number of benzene rings is 6. The van der Waals surface area contributed by atoms with Crippen molar-refractivity contribution in [3.05, 3.63) is 149 Å². The molecule has 0 N–H and O–H groups in total. The standard InChI is InChI=1S/C44H37NO4/c1-46-32-15-19-36-38(37-20-16-33(47-2)25-40(37)39(36)24-32)23-30-9-7-28(8-10-30)5-6-29-11-13-31(14-12-29)45-43-21-17-34(48-3)26-41(43)42-27-35(49-4)18-22-44(42)45/h7-27H,5-6H2,1-4H3. The summed E-state index contributed by atoms with van der Waals surface area (Å²) >= 11 is 0. The fraction of sp³-hybridized carbons (Fsp3) is 0.136. The van der Waals surface area contributed by atoms with Crippen LogP contribution in [0.15, 0.2) is 121 Å². The van der Waals surface area contributed by atoms with Gasteiger partial charge in [0.25, 0.3) is 0 Å². The molecule has 242 valence electrons. The molecule has 0 radical (unpaired) electrons. The molecule has 0 unspecified atom stereocenters. The van der Waals surface area contributed by atoms with Gasteiger partial charge < -0.3 is 23.5 Å². The number of aromatic nitrogens is 1. The highest BCUT2D eigenvalue weighted by Gasteiger charge is 2.24. The second-order valence-electron chi connectivity index (χ2n) is 12.4. The second kappa shape index (κ2) is 12.6. The lowest BCUT2D eigenvalue weighted by molar-refractivity contribution is 0.414. The van der Waals surface area contributed by atoms with Gasteiger partial charge in [-0.15, -0.1) is 0 Å². The Morgan fingerprint density at radius 2 is 0.878 bits per heavy atom. The van der Waals surface area contributed by atoms with E-state index in [0.717, 1.165) is 63.3 Å². The van der Waals surface area contributed by atoms with Crippen LogP contribution in [0.3, 0.4) is 0 Å². The first kappa shape index (κ1) is 30.4. The van der Waals surface area contributed by atoms with Crippen molar-refractivity contribution in [1.82, 2.24) is 4.57 Å². The van der Waals surface area contributed by atoms with E-state index in [9.17, 15) is 0 Å². The van der Waals surface area contributed by atoms with Crippen molar-refractivity contribution in [3.8, 4) is 39.8 Å². The third-order valence-electron chi connectivity index (χ3n) is 9.69. The molecule has 0 saturated heterocycles. The van der Waals surface area contributed by atoms with Gasteiger partial charge in [-0.2, -0.15) is 0 Å². The van der Waals surface area contributed by atoms with Crippen LogP contribution in [0.4, 0.5) is 0 Å². The van der Waals surface area contributed by atoms with Gasteiger partial charge in [-0.1, -0.05) is 48.5 Å². The van der Waals surface area contributed by atoms with Crippen molar-refractivity contribution < 1.29 is 18.9 Å². The van der Waals surface area contributed by atoms with Crippen LogP contribution in [-0.2, 0) is 12.8 Å². The minimum Gasteiger partial charge on any atom is -0.497 e. The number of fused-ring (bicyclic) bond motifs is 6. The van der Waals surface area contributed by atoms with Crippen LogP contribution in [0.25, 0.3) is 50.3 Å². The summed E-state index contributed by atoms with van der Waals surface area (Å²) in [5.41, 5.74) is 13.2. The molecule has 1 aliphatic carbocycles. The Hall–Kier alpha value is -5.94. The van der Waals surface area contributed by atoms with Crippen LogP contribution in [0.2, 0.25) is 0 Å². The Morgan fingerprint density at radius 1 is 0.449 bits per heavy atom. The summed E-state index contributed by atoms with van der Waals surface area (Å²) in [6, 6.07) is 43.0. The van der Waals surface area contributed by atoms with E-state index in [-0.39, 0.29) is 0 Å². The van der Waals surface area contributed by atoms with Crippen molar-refractivity contribution >= 4 is 33.5 Å². The normalized spacial score (nSPS) is 11.8. The van der Waals surface area contributed by atoms with Crippen molar-refractivity contribution in [2.24, 2.45) is 0 Å². The number of hydrogen-bond acceptors (Lipinski definition) is 4. The molecule has 0 atom stereocenters. The molecular formula is C44H37NO4. The van der Waals surface area contributed by atoms with Crippen molar-refractivity contribution in [1.29, 1.82) is 0 Å².